The van der Waals surface area contributed by atoms with Crippen molar-refractivity contribution in [2.45, 2.75) is 24.5 Å². The molecule has 182 valence electrons. The van der Waals surface area contributed by atoms with Crippen LogP contribution >= 0.6 is 23.5 Å². The average Bonchev–Trinajstić information content (AvgIpc) is 3.16. The molecule has 0 aliphatic carbocycles. The van der Waals surface area contributed by atoms with E-state index >= 15 is 0 Å². The van der Waals surface area contributed by atoms with E-state index < -0.39 is 54.6 Å². The highest BCUT2D eigenvalue weighted by Crippen LogP contribution is 2.66. The van der Waals surface area contributed by atoms with Crippen molar-refractivity contribution in [1.82, 2.24) is 14.5 Å². The molecule has 1 aliphatic heterocycles. The number of phosphoric acid groups is 3. The molecule has 1 aliphatic rings. The first kappa shape index (κ1) is 25.8. The maximum absolute atomic E-state index is 11.8. The Morgan fingerprint density at radius 3 is 2.39 bits per heavy atom. The van der Waals surface area contributed by atoms with E-state index in [1.807, 2.05) is 6.07 Å². The third kappa shape index (κ3) is 5.83. The Bertz CT molecular complexity index is 1240. The van der Waals surface area contributed by atoms with Gasteiger partial charge >= 0.3 is 23.5 Å². The quantitative estimate of drug-likeness (QED) is 0.198. The second-order valence-corrected chi connectivity index (χ2v) is 10.9. The zero-order chi connectivity index (χ0) is 24.8. The standard InChI is InChI=1S/C12H16N5O13P3/c13-1-5-2-17(11-7(5)10(14)15-4-16-11)12-9(19)8(18)6(28-12)3-27-32(23,24)30-33(25,26)29-31(20,21)22/h2,4,6,8-9,12,18-19H,3H2,(H,23,24)(H,25,26)(H2,14,15,16)(H2,20,21,22). The van der Waals surface area contributed by atoms with Crippen LogP contribution < -0.4 is 5.73 Å². The van der Waals surface area contributed by atoms with Crippen molar-refractivity contribution in [1.29, 1.82) is 5.26 Å². The summed E-state index contributed by atoms with van der Waals surface area (Å²) in [6.07, 6.45) is -3.99. The first-order chi connectivity index (χ1) is 15.1. The van der Waals surface area contributed by atoms with Crippen molar-refractivity contribution in [2.24, 2.45) is 0 Å². The van der Waals surface area contributed by atoms with Gasteiger partial charge in [0.05, 0.1) is 17.6 Å². The molecule has 0 radical (unpaired) electrons. The fourth-order valence-corrected chi connectivity index (χ4v) is 5.98. The smallest absolute Gasteiger partial charge is 0.387 e. The summed E-state index contributed by atoms with van der Waals surface area (Å²) in [7, 11) is -16.8. The lowest BCUT2D eigenvalue weighted by molar-refractivity contribution is -0.0500. The van der Waals surface area contributed by atoms with E-state index in [4.69, 9.17) is 25.2 Å². The number of aliphatic hydroxyl groups is 2. The molecule has 1 saturated heterocycles. The number of aromatic nitrogens is 3. The lowest BCUT2D eigenvalue weighted by atomic mass is 10.1. The number of rotatable bonds is 8. The van der Waals surface area contributed by atoms with Crippen molar-refractivity contribution in [2.75, 3.05) is 12.3 Å². The Kier molecular flexibility index (Phi) is 7.12. The number of nitriles is 1. The minimum atomic E-state index is -5.73. The van der Waals surface area contributed by atoms with E-state index in [1.165, 1.54) is 10.8 Å². The summed E-state index contributed by atoms with van der Waals surface area (Å²) >= 11 is 0. The summed E-state index contributed by atoms with van der Waals surface area (Å²) in [5.41, 5.74) is 5.86. The molecule has 3 heterocycles. The summed E-state index contributed by atoms with van der Waals surface area (Å²) < 4.78 is 52.0. The van der Waals surface area contributed by atoms with Crippen LogP contribution in [-0.4, -0.2) is 69.2 Å². The Balaban J connectivity index is 1.76. The second-order valence-electron chi connectivity index (χ2n) is 6.45. The molecule has 0 bridgehead atoms. The molecule has 6 atom stereocenters. The van der Waals surface area contributed by atoms with Gasteiger partial charge in [-0.25, -0.2) is 23.7 Å². The highest BCUT2D eigenvalue weighted by molar-refractivity contribution is 7.66. The minimum absolute atomic E-state index is 0.0325. The van der Waals surface area contributed by atoms with E-state index in [1.54, 1.807) is 0 Å². The van der Waals surface area contributed by atoms with Gasteiger partial charge in [-0.1, -0.05) is 0 Å². The van der Waals surface area contributed by atoms with Crippen LogP contribution in [0.4, 0.5) is 5.82 Å². The van der Waals surface area contributed by atoms with Crippen LogP contribution in [0.3, 0.4) is 0 Å². The first-order valence-corrected chi connectivity index (χ1v) is 13.0. The van der Waals surface area contributed by atoms with Crippen LogP contribution in [0.5, 0.6) is 0 Å². The number of phosphoric ester groups is 1. The maximum atomic E-state index is 11.8. The molecule has 0 amide bonds. The molecule has 6 unspecified atom stereocenters. The van der Waals surface area contributed by atoms with Gasteiger partial charge in [0.2, 0.25) is 0 Å². The van der Waals surface area contributed by atoms with Gasteiger partial charge in [-0.15, -0.1) is 0 Å². The van der Waals surface area contributed by atoms with Crippen molar-refractivity contribution in [3.63, 3.8) is 0 Å². The first-order valence-electron chi connectivity index (χ1n) is 8.45. The lowest BCUT2D eigenvalue weighted by Crippen LogP contribution is -2.33. The molecule has 3 rings (SSSR count). The zero-order valence-electron chi connectivity index (χ0n) is 15.9. The summed E-state index contributed by atoms with van der Waals surface area (Å²) in [6, 6.07) is 1.87. The van der Waals surface area contributed by atoms with Crippen LogP contribution in [-0.2, 0) is 31.6 Å². The second kappa shape index (κ2) is 9.10. The van der Waals surface area contributed by atoms with E-state index in [-0.39, 0.29) is 22.4 Å². The number of ether oxygens (including phenoxy) is 1. The maximum Gasteiger partial charge on any atom is 0.490 e. The molecule has 2 aromatic heterocycles. The van der Waals surface area contributed by atoms with Gasteiger partial charge in [0.1, 0.15) is 42.2 Å². The van der Waals surface area contributed by atoms with Gasteiger partial charge < -0.3 is 44.8 Å². The predicted octanol–water partition coefficient (Wildman–Crippen LogP) is -1.15. The van der Waals surface area contributed by atoms with Crippen LogP contribution in [0.2, 0.25) is 0 Å². The third-order valence-corrected chi connectivity index (χ3v) is 7.99. The lowest BCUT2D eigenvalue weighted by Gasteiger charge is -2.19. The molecule has 0 spiro atoms. The molecule has 18 nitrogen and oxygen atoms in total. The summed E-state index contributed by atoms with van der Waals surface area (Å²) in [5.74, 6) is -0.0347. The number of fused-ring (bicyclic) bond motifs is 1. The molecule has 33 heavy (non-hydrogen) atoms. The fourth-order valence-electron chi connectivity index (χ4n) is 2.95. The number of nitrogens with zero attached hydrogens (tertiary/aromatic N) is 4. The van der Waals surface area contributed by atoms with E-state index in [0.29, 0.717) is 0 Å². The van der Waals surface area contributed by atoms with Gasteiger partial charge in [-0.05, 0) is 0 Å². The van der Waals surface area contributed by atoms with E-state index in [9.17, 15) is 34.1 Å². The van der Waals surface area contributed by atoms with Crippen molar-refractivity contribution in [3.8, 4) is 6.07 Å². The monoisotopic (exact) mass is 531 g/mol. The number of nitrogens with two attached hydrogens (primary N) is 1. The van der Waals surface area contributed by atoms with E-state index in [2.05, 4.69) is 23.1 Å². The Labute approximate surface area is 183 Å². The van der Waals surface area contributed by atoms with Crippen molar-refractivity contribution >= 4 is 40.3 Å². The molecule has 0 aromatic carbocycles. The number of nitrogen functional groups attached to an aromatic ring is 1. The molecule has 21 heteroatoms. The molecule has 1 fully saturated rings. The Hall–Kier alpha value is -1.80. The normalized spacial score (nSPS) is 27.2. The van der Waals surface area contributed by atoms with Gasteiger partial charge in [-0.3, -0.25) is 4.52 Å². The van der Waals surface area contributed by atoms with Gasteiger partial charge in [0.25, 0.3) is 0 Å². The van der Waals surface area contributed by atoms with Crippen LogP contribution in [0.1, 0.15) is 11.8 Å². The van der Waals surface area contributed by atoms with Crippen molar-refractivity contribution in [3.05, 3.63) is 18.1 Å². The summed E-state index contributed by atoms with van der Waals surface area (Å²) in [6.45, 7) is -1.00. The van der Waals surface area contributed by atoms with Gasteiger partial charge in [0, 0.05) is 6.20 Å². The van der Waals surface area contributed by atoms with Crippen molar-refractivity contribution < 1.29 is 61.4 Å². The fraction of sp³-hybridized carbons (Fsp3) is 0.417. The highest BCUT2D eigenvalue weighted by Gasteiger charge is 2.47. The average molecular weight is 531 g/mol. The summed E-state index contributed by atoms with van der Waals surface area (Å²) in [5, 5.41) is 30.1. The minimum Gasteiger partial charge on any atom is -0.387 e. The topological polar surface area (TPSA) is 290 Å². The highest BCUT2D eigenvalue weighted by atomic mass is 31.3. The number of hydrogen-bond acceptors (Lipinski definition) is 13. The molecule has 2 aromatic rings. The summed E-state index contributed by atoms with van der Waals surface area (Å²) in [4.78, 5) is 43.4. The molecule has 0 saturated carbocycles. The zero-order valence-corrected chi connectivity index (χ0v) is 18.6. The van der Waals surface area contributed by atoms with Crippen LogP contribution in [0, 0.1) is 11.3 Å². The van der Waals surface area contributed by atoms with Crippen LogP contribution in [0.25, 0.3) is 11.0 Å². The Morgan fingerprint density at radius 2 is 1.79 bits per heavy atom. The molecular formula is C12H16N5O13P3. The van der Waals surface area contributed by atoms with Gasteiger partial charge in [0.15, 0.2) is 6.23 Å². The Morgan fingerprint density at radius 1 is 1.12 bits per heavy atom. The SMILES string of the molecule is N#Cc1cn(C2OC(COP(=O)(O)OP(=O)(O)OP(=O)(O)O)C(O)C2O)c2ncnc(N)c12. The van der Waals surface area contributed by atoms with E-state index in [0.717, 1.165) is 6.33 Å². The largest absolute Gasteiger partial charge is 0.490 e. The molecule has 8 N–H and O–H groups in total. The predicted molar refractivity (Wildman–Crippen MR) is 102 cm³/mol. The van der Waals surface area contributed by atoms with Crippen LogP contribution in [0.15, 0.2) is 12.5 Å². The molecular weight excluding hydrogens is 515 g/mol. The number of aliphatic hydroxyl groups excluding tert-OH is 2. The third-order valence-electron chi connectivity index (χ3n) is 4.19. The number of anilines is 1. The number of hydrogen-bond donors (Lipinski definition) is 7. The van der Waals surface area contributed by atoms with Gasteiger partial charge in [-0.2, -0.15) is 13.9 Å².